The fourth-order valence-corrected chi connectivity index (χ4v) is 3.07. The van der Waals surface area contributed by atoms with E-state index >= 15 is 0 Å². The quantitative estimate of drug-likeness (QED) is 0.250. The van der Waals surface area contributed by atoms with Crippen LogP contribution in [0.2, 0.25) is 0 Å². The number of hydrogen-bond acceptors (Lipinski definition) is 2. The molecule has 33 heavy (non-hydrogen) atoms. The lowest BCUT2D eigenvalue weighted by atomic mass is 9.77. The average molecular weight is 488 g/mol. The van der Waals surface area contributed by atoms with Gasteiger partial charge in [0.15, 0.2) is 0 Å². The first-order valence-electron chi connectivity index (χ1n) is 9.18. The van der Waals surface area contributed by atoms with E-state index in [0.717, 1.165) is 0 Å². The van der Waals surface area contributed by atoms with E-state index in [9.17, 15) is 26.3 Å². The van der Waals surface area contributed by atoms with E-state index in [4.69, 9.17) is 21.5 Å². The standard InChI is InChI=1S/C21H15ClF3N.C2HF3O2/c22-19(21(23,24)25)26-20(16-10-4-1-5-11-16,17-12-6-2-7-13-17)18-14-8-3-9-15-18;3-2(4,5)1(6)7/h1-15H;(H,6,7). The highest BCUT2D eigenvalue weighted by molar-refractivity contribution is 6.66. The van der Waals surface area contributed by atoms with Gasteiger partial charge in [-0.15, -0.1) is 0 Å². The van der Waals surface area contributed by atoms with Crippen LogP contribution in [0, 0.1) is 0 Å². The van der Waals surface area contributed by atoms with E-state index in [1.807, 2.05) is 0 Å². The maximum Gasteiger partial charge on any atom is 0.490 e. The Kier molecular flexibility index (Phi) is 8.27. The molecule has 0 atom stereocenters. The molecule has 0 aliphatic heterocycles. The van der Waals surface area contributed by atoms with Crippen LogP contribution in [0.1, 0.15) is 16.7 Å². The Morgan fingerprint density at radius 2 is 0.909 bits per heavy atom. The number of carboxylic acids is 1. The van der Waals surface area contributed by atoms with Gasteiger partial charge >= 0.3 is 18.3 Å². The van der Waals surface area contributed by atoms with Crippen molar-refractivity contribution in [2.45, 2.75) is 17.9 Å². The van der Waals surface area contributed by atoms with E-state index in [1.165, 1.54) is 0 Å². The molecular weight excluding hydrogens is 472 g/mol. The molecule has 0 aliphatic rings. The number of carboxylic acid groups (broad SMARTS) is 1. The predicted octanol–water partition coefficient (Wildman–Crippen LogP) is 6.81. The molecule has 3 nitrogen and oxygen atoms in total. The average Bonchev–Trinajstić information content (AvgIpc) is 2.78. The van der Waals surface area contributed by atoms with Crippen molar-refractivity contribution >= 4 is 22.7 Å². The highest BCUT2D eigenvalue weighted by Gasteiger charge is 2.42. The molecule has 0 bridgehead atoms. The van der Waals surface area contributed by atoms with Gasteiger partial charge in [0.2, 0.25) is 5.17 Å². The first kappa shape index (κ1) is 25.9. The van der Waals surface area contributed by atoms with Crippen LogP contribution in [-0.2, 0) is 10.3 Å². The summed E-state index contributed by atoms with van der Waals surface area (Å²) in [4.78, 5) is 12.9. The number of nitrogens with zero attached hydrogens (tertiary/aromatic N) is 1. The predicted molar refractivity (Wildman–Crippen MR) is 112 cm³/mol. The van der Waals surface area contributed by atoms with Crippen molar-refractivity contribution in [2.24, 2.45) is 4.99 Å². The minimum atomic E-state index is -5.08. The number of aliphatic imine (C=N–C) groups is 1. The van der Waals surface area contributed by atoms with Crippen LogP contribution in [0.5, 0.6) is 0 Å². The van der Waals surface area contributed by atoms with Gasteiger partial charge in [0.1, 0.15) is 5.54 Å². The second-order valence-corrected chi connectivity index (χ2v) is 6.87. The molecule has 0 fully saturated rings. The fraction of sp³-hybridized carbons (Fsp3) is 0.130. The molecule has 0 radical (unpaired) electrons. The largest absolute Gasteiger partial charge is 0.490 e. The maximum atomic E-state index is 13.3. The highest BCUT2D eigenvalue weighted by Crippen LogP contribution is 2.42. The molecule has 3 aromatic carbocycles. The Bertz CT molecular complexity index is 972. The number of carbonyl (C=O) groups is 1. The van der Waals surface area contributed by atoms with Crippen LogP contribution < -0.4 is 0 Å². The van der Waals surface area contributed by atoms with Gasteiger partial charge in [-0.1, -0.05) is 103 Å². The Morgan fingerprint density at radius 1 is 0.636 bits per heavy atom. The number of hydrogen-bond donors (Lipinski definition) is 1. The number of alkyl halides is 6. The second kappa shape index (κ2) is 10.5. The minimum Gasteiger partial charge on any atom is -0.475 e. The summed E-state index contributed by atoms with van der Waals surface area (Å²) < 4.78 is 71.5. The molecule has 0 amide bonds. The fourth-order valence-electron chi connectivity index (χ4n) is 2.94. The lowest BCUT2D eigenvalue weighted by Gasteiger charge is -2.32. The summed E-state index contributed by atoms with van der Waals surface area (Å²) in [5.74, 6) is -2.76. The van der Waals surface area contributed by atoms with Crippen LogP contribution in [0.3, 0.4) is 0 Å². The van der Waals surface area contributed by atoms with Crippen LogP contribution in [0.15, 0.2) is 96.0 Å². The Hall–Kier alpha value is -3.33. The molecule has 0 saturated carbocycles. The van der Waals surface area contributed by atoms with Crippen molar-refractivity contribution in [2.75, 3.05) is 0 Å². The van der Waals surface area contributed by atoms with Crippen molar-refractivity contribution in [1.82, 2.24) is 0 Å². The zero-order valence-electron chi connectivity index (χ0n) is 16.6. The molecule has 0 spiro atoms. The van der Waals surface area contributed by atoms with Gasteiger partial charge in [0, 0.05) is 0 Å². The highest BCUT2D eigenvalue weighted by atomic mass is 35.5. The van der Waals surface area contributed by atoms with Crippen LogP contribution in [0.25, 0.3) is 0 Å². The van der Waals surface area contributed by atoms with Gasteiger partial charge in [-0.25, -0.2) is 9.79 Å². The van der Waals surface area contributed by atoms with E-state index in [0.29, 0.717) is 16.7 Å². The normalized spacial score (nSPS) is 12.5. The van der Waals surface area contributed by atoms with Crippen LogP contribution in [-0.4, -0.2) is 28.6 Å². The van der Waals surface area contributed by atoms with Gasteiger partial charge < -0.3 is 5.11 Å². The van der Waals surface area contributed by atoms with Crippen molar-refractivity contribution in [1.29, 1.82) is 0 Å². The lowest BCUT2D eigenvalue weighted by molar-refractivity contribution is -0.192. The third-order valence-corrected chi connectivity index (χ3v) is 4.62. The lowest BCUT2D eigenvalue weighted by Crippen LogP contribution is -2.31. The van der Waals surface area contributed by atoms with Gasteiger partial charge in [0.25, 0.3) is 0 Å². The van der Waals surface area contributed by atoms with Gasteiger partial charge in [-0.2, -0.15) is 26.3 Å². The molecule has 3 rings (SSSR count). The molecule has 3 aromatic rings. The van der Waals surface area contributed by atoms with E-state index in [-0.39, 0.29) is 0 Å². The van der Waals surface area contributed by atoms with Crippen molar-refractivity contribution in [3.63, 3.8) is 0 Å². The van der Waals surface area contributed by atoms with Crippen molar-refractivity contribution in [3.05, 3.63) is 108 Å². The van der Waals surface area contributed by atoms with E-state index in [2.05, 4.69) is 4.99 Å². The topological polar surface area (TPSA) is 49.7 Å². The van der Waals surface area contributed by atoms with Crippen LogP contribution in [0.4, 0.5) is 26.3 Å². The number of rotatable bonds is 4. The third-order valence-electron chi connectivity index (χ3n) is 4.32. The molecule has 10 heteroatoms. The van der Waals surface area contributed by atoms with Crippen LogP contribution >= 0.6 is 11.6 Å². The van der Waals surface area contributed by atoms with Gasteiger partial charge in [-0.05, 0) is 16.7 Å². The monoisotopic (exact) mass is 487 g/mol. The maximum absolute atomic E-state index is 13.3. The van der Waals surface area contributed by atoms with Gasteiger partial charge in [-0.3, -0.25) is 0 Å². The van der Waals surface area contributed by atoms with Crippen molar-refractivity contribution < 1.29 is 36.2 Å². The number of aliphatic carboxylic acids is 1. The molecule has 1 N–H and O–H groups in total. The Morgan fingerprint density at radius 3 is 1.12 bits per heavy atom. The van der Waals surface area contributed by atoms with E-state index < -0.39 is 29.0 Å². The first-order chi connectivity index (χ1) is 15.4. The SMILES string of the molecule is FC(F)(F)C(Cl)=NC(c1ccccc1)(c1ccccc1)c1ccccc1.O=C(O)C(F)(F)F. The van der Waals surface area contributed by atoms with Crippen molar-refractivity contribution in [3.8, 4) is 0 Å². The molecule has 0 aromatic heterocycles. The summed E-state index contributed by atoms with van der Waals surface area (Å²) in [6, 6.07) is 26.6. The summed E-state index contributed by atoms with van der Waals surface area (Å²) in [6.45, 7) is 0. The summed E-state index contributed by atoms with van der Waals surface area (Å²) in [6.07, 6.45) is -9.81. The summed E-state index contributed by atoms with van der Waals surface area (Å²) in [7, 11) is 0. The summed E-state index contributed by atoms with van der Waals surface area (Å²) in [5, 5.41) is 5.73. The Labute approximate surface area is 190 Å². The molecule has 0 heterocycles. The molecule has 174 valence electrons. The zero-order valence-corrected chi connectivity index (χ0v) is 17.4. The number of halogens is 7. The second-order valence-electron chi connectivity index (χ2n) is 6.51. The molecule has 0 unspecified atom stereocenters. The Balaban J connectivity index is 0.000000479. The molecule has 0 aliphatic carbocycles. The zero-order chi connectivity index (χ0) is 24.7. The van der Waals surface area contributed by atoms with E-state index in [1.54, 1.807) is 91.0 Å². The number of benzene rings is 3. The third kappa shape index (κ3) is 6.58. The summed E-state index contributed by atoms with van der Waals surface area (Å²) in [5.41, 5.74) is 0.385. The smallest absolute Gasteiger partial charge is 0.475 e. The minimum absolute atomic E-state index is 0.597. The molecule has 0 saturated heterocycles. The summed E-state index contributed by atoms with van der Waals surface area (Å²) >= 11 is 5.62. The first-order valence-corrected chi connectivity index (χ1v) is 9.56. The van der Waals surface area contributed by atoms with Gasteiger partial charge in [0.05, 0.1) is 0 Å². The molecular formula is C23H16ClF6NO2.